The Morgan fingerprint density at radius 2 is 1.60 bits per heavy atom. The molecule has 0 aliphatic heterocycles. The van der Waals surface area contributed by atoms with Gasteiger partial charge in [0.05, 0.1) is 6.10 Å². The van der Waals surface area contributed by atoms with Crippen molar-refractivity contribution in [3.05, 3.63) is 0 Å². The highest BCUT2D eigenvalue weighted by Crippen LogP contribution is 2.69. The molecule has 20 heavy (non-hydrogen) atoms. The predicted molar refractivity (Wildman–Crippen MR) is 86.2 cm³/mol. The molecule has 0 N–H and O–H groups in total. The second-order valence-corrected chi connectivity index (χ2v) is 14.3. The fourth-order valence-corrected chi connectivity index (χ4v) is 5.34. The lowest BCUT2D eigenvalue weighted by molar-refractivity contribution is -0.181. The summed E-state index contributed by atoms with van der Waals surface area (Å²) in [5.74, 6) is 1.06. The van der Waals surface area contributed by atoms with Gasteiger partial charge in [0.25, 0.3) is 0 Å². The lowest BCUT2D eigenvalue weighted by Crippen LogP contribution is -2.62. The monoisotopic (exact) mass is 296 g/mol. The van der Waals surface area contributed by atoms with E-state index in [2.05, 4.69) is 61.6 Å². The Morgan fingerprint density at radius 1 is 1.10 bits per heavy atom. The SMILES string of the molecule is CC1(C)[C@H]2[C@@H](O[Si](C)(C)C(C)(C)C)CC(=O)[C@H]2C1(C)C. The molecular weight excluding hydrogens is 264 g/mol. The van der Waals surface area contributed by atoms with Crippen LogP contribution in [0.2, 0.25) is 18.1 Å². The third kappa shape index (κ3) is 1.96. The molecule has 0 amide bonds. The lowest BCUT2D eigenvalue weighted by Gasteiger charge is -2.63. The van der Waals surface area contributed by atoms with Crippen LogP contribution in [0.3, 0.4) is 0 Å². The Bertz CT molecular complexity index is 429. The molecule has 0 heterocycles. The van der Waals surface area contributed by atoms with Crippen LogP contribution in [-0.2, 0) is 9.22 Å². The van der Waals surface area contributed by atoms with Crippen molar-refractivity contribution < 1.29 is 9.22 Å². The Balaban J connectivity index is 2.23. The van der Waals surface area contributed by atoms with Crippen molar-refractivity contribution in [2.24, 2.45) is 22.7 Å². The summed E-state index contributed by atoms with van der Waals surface area (Å²) in [6, 6.07) is 0. The average molecular weight is 297 g/mol. The van der Waals surface area contributed by atoms with E-state index >= 15 is 0 Å². The average Bonchev–Trinajstić information content (AvgIpc) is 2.51. The first-order chi connectivity index (χ1) is 8.73. The number of carbonyl (C=O) groups excluding carboxylic acids is 1. The van der Waals surface area contributed by atoms with Gasteiger partial charge < -0.3 is 4.43 Å². The van der Waals surface area contributed by atoms with Gasteiger partial charge in [0.15, 0.2) is 8.32 Å². The molecule has 2 aliphatic rings. The molecule has 0 radical (unpaired) electrons. The standard InChI is InChI=1S/C17H32O2Si/c1-15(2,3)20(8,9)19-12-10-11(18)13-14(12)17(6,7)16(13,4)5/h12-14H,10H2,1-9H3/t12-,13+,14-/m0/s1. The maximum Gasteiger partial charge on any atom is 0.192 e. The van der Waals surface area contributed by atoms with Gasteiger partial charge in [-0.3, -0.25) is 4.79 Å². The zero-order valence-corrected chi connectivity index (χ0v) is 15.8. The number of fused-ring (bicyclic) bond motifs is 1. The number of ketones is 1. The lowest BCUT2D eigenvalue weighted by atomic mass is 9.41. The Labute approximate surface area is 125 Å². The van der Waals surface area contributed by atoms with Crippen LogP contribution in [-0.4, -0.2) is 20.2 Å². The van der Waals surface area contributed by atoms with Gasteiger partial charge in [-0.1, -0.05) is 48.5 Å². The van der Waals surface area contributed by atoms with E-state index in [1.165, 1.54) is 0 Å². The van der Waals surface area contributed by atoms with Crippen LogP contribution in [0.5, 0.6) is 0 Å². The van der Waals surface area contributed by atoms with Gasteiger partial charge in [-0.05, 0) is 29.0 Å². The summed E-state index contributed by atoms with van der Waals surface area (Å²) in [5.41, 5.74) is 0.303. The maximum atomic E-state index is 12.4. The topological polar surface area (TPSA) is 26.3 Å². The Kier molecular flexibility index (Phi) is 3.40. The molecule has 0 spiro atoms. The molecule has 116 valence electrons. The summed E-state index contributed by atoms with van der Waals surface area (Å²) in [4.78, 5) is 12.4. The quantitative estimate of drug-likeness (QED) is 0.693. The highest BCUT2D eigenvalue weighted by atomic mass is 28.4. The molecule has 0 unspecified atom stereocenters. The normalized spacial score (nSPS) is 35.6. The van der Waals surface area contributed by atoms with Crippen molar-refractivity contribution in [2.45, 2.75) is 79.1 Å². The minimum absolute atomic E-state index is 0.111. The highest BCUT2D eigenvalue weighted by molar-refractivity contribution is 6.74. The largest absolute Gasteiger partial charge is 0.413 e. The van der Waals surface area contributed by atoms with E-state index < -0.39 is 8.32 Å². The van der Waals surface area contributed by atoms with Crippen LogP contribution >= 0.6 is 0 Å². The van der Waals surface area contributed by atoms with E-state index in [0.717, 1.165) is 0 Å². The number of carbonyl (C=O) groups is 1. The molecule has 0 saturated heterocycles. The predicted octanol–water partition coefficient (Wildman–Crippen LogP) is 4.65. The smallest absolute Gasteiger partial charge is 0.192 e. The first-order valence-corrected chi connectivity index (χ1v) is 10.8. The molecule has 2 rings (SSSR count). The third-order valence-corrected chi connectivity index (χ3v) is 11.5. The zero-order chi connectivity index (χ0) is 15.7. The number of hydrogen-bond donors (Lipinski definition) is 0. The zero-order valence-electron chi connectivity index (χ0n) is 14.8. The van der Waals surface area contributed by atoms with Crippen molar-refractivity contribution in [2.75, 3.05) is 0 Å². The van der Waals surface area contributed by atoms with E-state index in [4.69, 9.17) is 4.43 Å². The molecule has 3 heteroatoms. The van der Waals surface area contributed by atoms with Crippen molar-refractivity contribution in [1.82, 2.24) is 0 Å². The van der Waals surface area contributed by atoms with E-state index in [9.17, 15) is 4.79 Å². The van der Waals surface area contributed by atoms with Gasteiger partial charge in [-0.2, -0.15) is 0 Å². The van der Waals surface area contributed by atoms with Crippen LogP contribution in [0.25, 0.3) is 0 Å². The minimum Gasteiger partial charge on any atom is -0.413 e. The van der Waals surface area contributed by atoms with E-state index in [1.807, 2.05) is 0 Å². The fraction of sp³-hybridized carbons (Fsp3) is 0.941. The van der Waals surface area contributed by atoms with Crippen LogP contribution in [0.15, 0.2) is 0 Å². The summed E-state index contributed by atoms with van der Waals surface area (Å²) in [5, 5.41) is 0.206. The summed E-state index contributed by atoms with van der Waals surface area (Å²) >= 11 is 0. The molecule has 2 fully saturated rings. The first-order valence-electron chi connectivity index (χ1n) is 7.94. The van der Waals surface area contributed by atoms with Crippen LogP contribution in [0, 0.1) is 22.7 Å². The third-order valence-electron chi connectivity index (χ3n) is 7.03. The van der Waals surface area contributed by atoms with Gasteiger partial charge in [0, 0.05) is 18.3 Å². The highest BCUT2D eigenvalue weighted by Gasteiger charge is 2.70. The summed E-state index contributed by atoms with van der Waals surface area (Å²) < 4.78 is 6.61. The van der Waals surface area contributed by atoms with Gasteiger partial charge in [0.2, 0.25) is 0 Å². The van der Waals surface area contributed by atoms with Gasteiger partial charge in [-0.25, -0.2) is 0 Å². The van der Waals surface area contributed by atoms with Crippen molar-refractivity contribution in [3.8, 4) is 0 Å². The van der Waals surface area contributed by atoms with E-state index in [-0.39, 0.29) is 27.9 Å². The second-order valence-electron chi connectivity index (χ2n) is 9.53. The van der Waals surface area contributed by atoms with Crippen LogP contribution < -0.4 is 0 Å². The summed E-state index contributed by atoms with van der Waals surface area (Å²) in [6.07, 6.45) is 0.783. The summed E-state index contributed by atoms with van der Waals surface area (Å²) in [6.45, 7) is 20.5. The van der Waals surface area contributed by atoms with Gasteiger partial charge in [-0.15, -0.1) is 0 Å². The molecule has 3 atom stereocenters. The van der Waals surface area contributed by atoms with Gasteiger partial charge >= 0.3 is 0 Å². The molecule has 0 aromatic rings. The molecule has 2 nitrogen and oxygen atoms in total. The first kappa shape index (κ1) is 16.2. The molecule has 0 bridgehead atoms. The van der Waals surface area contributed by atoms with Crippen molar-refractivity contribution >= 4 is 14.1 Å². The van der Waals surface area contributed by atoms with E-state index in [0.29, 0.717) is 18.1 Å². The minimum atomic E-state index is -1.80. The Hall–Kier alpha value is -0.153. The molecule has 2 aliphatic carbocycles. The molecular formula is C17H32O2Si. The number of Topliss-reactive ketones (excluding diaryl/α,β-unsaturated/α-hetero) is 1. The van der Waals surface area contributed by atoms with Crippen molar-refractivity contribution in [1.29, 1.82) is 0 Å². The number of hydrogen-bond acceptors (Lipinski definition) is 2. The maximum absolute atomic E-state index is 12.4. The fourth-order valence-electron chi connectivity index (χ4n) is 4.00. The molecule has 0 aromatic carbocycles. The Morgan fingerprint density at radius 3 is 2.05 bits per heavy atom. The van der Waals surface area contributed by atoms with Crippen LogP contribution in [0.1, 0.15) is 54.9 Å². The van der Waals surface area contributed by atoms with Gasteiger partial charge in [0.1, 0.15) is 5.78 Å². The summed E-state index contributed by atoms with van der Waals surface area (Å²) in [7, 11) is -1.80. The second kappa shape index (κ2) is 4.19. The van der Waals surface area contributed by atoms with Crippen LogP contribution in [0.4, 0.5) is 0 Å². The number of rotatable bonds is 2. The molecule has 0 aromatic heterocycles. The molecule has 2 saturated carbocycles. The van der Waals surface area contributed by atoms with Crippen molar-refractivity contribution in [3.63, 3.8) is 0 Å². The van der Waals surface area contributed by atoms with E-state index in [1.54, 1.807) is 0 Å².